The van der Waals surface area contributed by atoms with Gasteiger partial charge in [0.25, 0.3) is 5.56 Å². The van der Waals surface area contributed by atoms with E-state index in [0.717, 1.165) is 37.2 Å². The van der Waals surface area contributed by atoms with Crippen LogP contribution in [0.5, 0.6) is 0 Å². The lowest BCUT2D eigenvalue weighted by atomic mass is 10.1. The monoisotopic (exact) mass is 353 g/mol. The topological polar surface area (TPSA) is 87.2 Å². The van der Waals surface area contributed by atoms with Gasteiger partial charge in [0.05, 0.1) is 22.2 Å². The average Bonchev–Trinajstić information content (AvgIpc) is 2.91. The second-order valence-corrected chi connectivity index (χ2v) is 6.54. The van der Waals surface area contributed by atoms with Crippen molar-refractivity contribution in [1.29, 1.82) is 0 Å². The highest BCUT2D eigenvalue weighted by Gasteiger charge is 2.16. The standard InChI is InChI=1S/C19H19N3O4/c1-12-9-14(26-21-12)11-25-19(24)13-6-7-15-16(10-13)20-17-5-3-2-4-8-22(17)18(15)23/h6-7,9-10H,2-5,8,11H2,1H3. The number of benzene rings is 1. The van der Waals surface area contributed by atoms with E-state index in [2.05, 4.69) is 10.1 Å². The fourth-order valence-electron chi connectivity index (χ4n) is 3.25. The Bertz CT molecular complexity index is 1030. The molecular weight excluding hydrogens is 334 g/mol. The zero-order valence-electron chi connectivity index (χ0n) is 14.5. The first kappa shape index (κ1) is 16.5. The number of rotatable bonds is 3. The Morgan fingerprint density at radius 1 is 1.27 bits per heavy atom. The van der Waals surface area contributed by atoms with Gasteiger partial charge in [-0.1, -0.05) is 11.6 Å². The van der Waals surface area contributed by atoms with Crippen LogP contribution in [0.4, 0.5) is 0 Å². The number of hydrogen-bond acceptors (Lipinski definition) is 6. The van der Waals surface area contributed by atoms with E-state index in [1.54, 1.807) is 35.8 Å². The third-order valence-corrected chi connectivity index (χ3v) is 4.57. The van der Waals surface area contributed by atoms with Crippen molar-refractivity contribution in [2.75, 3.05) is 0 Å². The lowest BCUT2D eigenvalue weighted by Gasteiger charge is -2.10. The van der Waals surface area contributed by atoms with Crippen molar-refractivity contribution >= 4 is 16.9 Å². The molecule has 0 saturated heterocycles. The van der Waals surface area contributed by atoms with Gasteiger partial charge in [-0.15, -0.1) is 0 Å². The van der Waals surface area contributed by atoms with Crippen molar-refractivity contribution in [3.63, 3.8) is 0 Å². The summed E-state index contributed by atoms with van der Waals surface area (Å²) in [5.74, 6) is 0.791. The van der Waals surface area contributed by atoms with Crippen LogP contribution < -0.4 is 5.56 Å². The number of hydrogen-bond donors (Lipinski definition) is 0. The number of carbonyl (C=O) groups excluding carboxylic acids is 1. The number of aryl methyl sites for hydroxylation is 2. The number of aromatic nitrogens is 3. The fourth-order valence-corrected chi connectivity index (χ4v) is 3.25. The van der Waals surface area contributed by atoms with Crippen molar-refractivity contribution in [2.24, 2.45) is 0 Å². The van der Waals surface area contributed by atoms with Gasteiger partial charge >= 0.3 is 5.97 Å². The Labute approximate surface area is 149 Å². The summed E-state index contributed by atoms with van der Waals surface area (Å²) >= 11 is 0. The number of nitrogens with zero attached hydrogens (tertiary/aromatic N) is 3. The maximum Gasteiger partial charge on any atom is 0.338 e. The molecule has 0 N–H and O–H groups in total. The van der Waals surface area contributed by atoms with E-state index in [1.165, 1.54) is 0 Å². The van der Waals surface area contributed by atoms with E-state index in [0.29, 0.717) is 28.8 Å². The molecule has 0 bridgehead atoms. The highest BCUT2D eigenvalue weighted by atomic mass is 16.5. The normalized spacial score (nSPS) is 14.0. The van der Waals surface area contributed by atoms with Crippen LogP contribution >= 0.6 is 0 Å². The predicted octanol–water partition coefficient (Wildman–Crippen LogP) is 2.78. The third kappa shape index (κ3) is 3.12. The average molecular weight is 353 g/mol. The second kappa shape index (κ2) is 6.74. The van der Waals surface area contributed by atoms with Crippen molar-refractivity contribution in [2.45, 2.75) is 45.8 Å². The minimum atomic E-state index is -0.488. The minimum Gasteiger partial charge on any atom is -0.454 e. The molecule has 0 fully saturated rings. The molecule has 0 amide bonds. The summed E-state index contributed by atoms with van der Waals surface area (Å²) in [6.45, 7) is 2.51. The Balaban J connectivity index is 1.62. The molecular formula is C19H19N3O4. The zero-order valence-corrected chi connectivity index (χ0v) is 14.5. The number of esters is 1. The zero-order chi connectivity index (χ0) is 18.1. The van der Waals surface area contributed by atoms with Gasteiger partial charge in [0, 0.05) is 19.0 Å². The lowest BCUT2D eigenvalue weighted by Crippen LogP contribution is -2.24. The van der Waals surface area contributed by atoms with Gasteiger partial charge in [-0.05, 0) is 38.0 Å². The minimum absolute atomic E-state index is 0.0119. The number of carbonyl (C=O) groups is 1. The van der Waals surface area contributed by atoms with Crippen LogP contribution in [0, 0.1) is 6.92 Å². The van der Waals surface area contributed by atoms with Crippen LogP contribution in [0.1, 0.15) is 46.9 Å². The third-order valence-electron chi connectivity index (χ3n) is 4.57. The molecule has 0 aliphatic carbocycles. The first-order valence-corrected chi connectivity index (χ1v) is 8.74. The van der Waals surface area contributed by atoms with Crippen LogP contribution in [0.15, 0.2) is 33.6 Å². The van der Waals surface area contributed by atoms with Crippen LogP contribution in [0.2, 0.25) is 0 Å². The largest absolute Gasteiger partial charge is 0.454 e. The van der Waals surface area contributed by atoms with Gasteiger partial charge in [0.1, 0.15) is 5.82 Å². The summed E-state index contributed by atoms with van der Waals surface area (Å²) in [7, 11) is 0. The molecule has 1 aliphatic rings. The molecule has 1 aliphatic heterocycles. The molecule has 4 rings (SSSR count). The van der Waals surface area contributed by atoms with Gasteiger partial charge < -0.3 is 9.26 Å². The molecule has 134 valence electrons. The molecule has 0 saturated carbocycles. The summed E-state index contributed by atoms with van der Waals surface area (Å²) in [6.07, 6.45) is 3.89. The van der Waals surface area contributed by atoms with Crippen molar-refractivity contribution in [1.82, 2.24) is 14.7 Å². The molecule has 0 radical (unpaired) electrons. The van der Waals surface area contributed by atoms with Crippen molar-refractivity contribution in [3.05, 3.63) is 57.5 Å². The van der Waals surface area contributed by atoms with Gasteiger partial charge in [-0.25, -0.2) is 9.78 Å². The van der Waals surface area contributed by atoms with Crippen molar-refractivity contribution < 1.29 is 14.1 Å². The summed E-state index contributed by atoms with van der Waals surface area (Å²) in [4.78, 5) is 29.6. The predicted molar refractivity (Wildman–Crippen MR) is 93.9 cm³/mol. The smallest absolute Gasteiger partial charge is 0.338 e. The Morgan fingerprint density at radius 2 is 2.15 bits per heavy atom. The Hall–Kier alpha value is -2.96. The molecule has 26 heavy (non-hydrogen) atoms. The summed E-state index contributed by atoms with van der Waals surface area (Å²) in [6, 6.07) is 6.59. The van der Waals surface area contributed by atoms with E-state index < -0.39 is 5.97 Å². The first-order valence-electron chi connectivity index (χ1n) is 8.74. The summed E-state index contributed by atoms with van der Waals surface area (Å²) in [5.41, 5.74) is 1.59. The van der Waals surface area contributed by atoms with Gasteiger partial charge in [0.2, 0.25) is 0 Å². The van der Waals surface area contributed by atoms with Crippen LogP contribution in [-0.2, 0) is 24.3 Å². The maximum atomic E-state index is 12.7. The molecule has 3 heterocycles. The van der Waals surface area contributed by atoms with Gasteiger partial charge in [0.15, 0.2) is 12.4 Å². The van der Waals surface area contributed by atoms with Gasteiger partial charge in [-0.2, -0.15) is 0 Å². The van der Waals surface area contributed by atoms with Crippen LogP contribution in [0.25, 0.3) is 10.9 Å². The van der Waals surface area contributed by atoms with Gasteiger partial charge in [-0.3, -0.25) is 9.36 Å². The Kier molecular flexibility index (Phi) is 4.28. The molecule has 0 spiro atoms. The maximum absolute atomic E-state index is 12.7. The van der Waals surface area contributed by atoms with E-state index in [9.17, 15) is 9.59 Å². The number of ether oxygens (including phenoxy) is 1. The summed E-state index contributed by atoms with van der Waals surface area (Å²) in [5, 5.41) is 4.28. The SMILES string of the molecule is Cc1cc(COC(=O)c2ccc3c(=O)n4c(nc3c2)CCCCC4)on1. The summed E-state index contributed by atoms with van der Waals surface area (Å²) < 4.78 is 12.0. The molecule has 7 nitrogen and oxygen atoms in total. The first-order chi connectivity index (χ1) is 12.6. The van der Waals surface area contributed by atoms with E-state index in [1.807, 2.05) is 0 Å². The number of fused-ring (bicyclic) bond motifs is 2. The second-order valence-electron chi connectivity index (χ2n) is 6.54. The Morgan fingerprint density at radius 3 is 2.96 bits per heavy atom. The van der Waals surface area contributed by atoms with Crippen LogP contribution in [-0.4, -0.2) is 20.7 Å². The van der Waals surface area contributed by atoms with E-state index >= 15 is 0 Å². The molecule has 7 heteroatoms. The van der Waals surface area contributed by atoms with Crippen molar-refractivity contribution in [3.8, 4) is 0 Å². The molecule has 1 aromatic carbocycles. The van der Waals surface area contributed by atoms with E-state index in [4.69, 9.17) is 9.26 Å². The molecule has 0 atom stereocenters. The molecule has 0 unspecified atom stereocenters. The lowest BCUT2D eigenvalue weighted by molar-refractivity contribution is 0.0437. The highest BCUT2D eigenvalue weighted by Crippen LogP contribution is 2.17. The molecule has 3 aromatic rings. The van der Waals surface area contributed by atoms with E-state index in [-0.39, 0.29) is 12.2 Å². The van der Waals surface area contributed by atoms with Crippen LogP contribution in [0.3, 0.4) is 0 Å². The quantitative estimate of drug-likeness (QED) is 0.673. The molecule has 2 aromatic heterocycles. The fraction of sp³-hybridized carbons (Fsp3) is 0.368. The highest BCUT2D eigenvalue weighted by molar-refractivity contribution is 5.94.